The second-order valence-corrected chi connectivity index (χ2v) is 3.62. The van der Waals surface area contributed by atoms with Crippen molar-refractivity contribution in [2.24, 2.45) is 0 Å². The summed E-state index contributed by atoms with van der Waals surface area (Å²) < 4.78 is 4.67. The Morgan fingerprint density at radius 1 is 1.43 bits per heavy atom. The Morgan fingerprint density at radius 3 is 2.57 bits per heavy atom. The average molecular weight is 199 g/mol. The highest BCUT2D eigenvalue weighted by Crippen LogP contribution is 2.25. The molecular weight excluding hydrogens is 182 g/mol. The van der Waals surface area contributed by atoms with Crippen LogP contribution < -0.4 is 0 Å². The molecule has 1 amide bonds. The van der Waals surface area contributed by atoms with Gasteiger partial charge in [0.2, 0.25) is 5.91 Å². The van der Waals surface area contributed by atoms with Crippen molar-refractivity contribution in [2.45, 2.75) is 45.2 Å². The van der Waals surface area contributed by atoms with Crippen molar-refractivity contribution in [1.29, 1.82) is 0 Å². The molecule has 80 valence electrons. The second-order valence-electron chi connectivity index (χ2n) is 3.62. The molecule has 1 saturated heterocycles. The standard InChI is InChI=1S/C10H17NO3/c1-4-9(12)11-7(2)5-6-8(11)10(13)14-3/h7-8H,4-6H2,1-3H3/t7-,8+/m1/s1. The monoisotopic (exact) mass is 199 g/mol. The van der Waals surface area contributed by atoms with Crippen LogP contribution in [0.1, 0.15) is 33.1 Å². The molecule has 0 bridgehead atoms. The van der Waals surface area contributed by atoms with Gasteiger partial charge in [0.15, 0.2) is 0 Å². The summed E-state index contributed by atoms with van der Waals surface area (Å²) in [6.07, 6.45) is 2.04. The maximum absolute atomic E-state index is 11.6. The minimum absolute atomic E-state index is 0.0328. The normalized spacial score (nSPS) is 26.4. The first-order chi connectivity index (χ1) is 6.61. The average Bonchev–Trinajstić information content (AvgIpc) is 2.58. The number of ether oxygens (including phenoxy) is 1. The van der Waals surface area contributed by atoms with Gasteiger partial charge in [0.05, 0.1) is 7.11 Å². The molecule has 0 aliphatic carbocycles. The van der Waals surface area contributed by atoms with Gasteiger partial charge in [-0.15, -0.1) is 0 Å². The lowest BCUT2D eigenvalue weighted by Crippen LogP contribution is -2.44. The minimum atomic E-state index is -0.359. The van der Waals surface area contributed by atoms with E-state index in [1.165, 1.54) is 7.11 Å². The van der Waals surface area contributed by atoms with Gasteiger partial charge in [-0.3, -0.25) is 4.79 Å². The fourth-order valence-electron chi connectivity index (χ4n) is 1.95. The molecule has 14 heavy (non-hydrogen) atoms. The first-order valence-electron chi connectivity index (χ1n) is 5.00. The fraction of sp³-hybridized carbons (Fsp3) is 0.800. The Balaban J connectivity index is 2.76. The molecule has 0 aromatic carbocycles. The molecule has 4 heteroatoms. The molecule has 4 nitrogen and oxygen atoms in total. The lowest BCUT2D eigenvalue weighted by atomic mass is 10.2. The molecule has 1 heterocycles. The number of hydrogen-bond acceptors (Lipinski definition) is 3. The highest BCUT2D eigenvalue weighted by atomic mass is 16.5. The van der Waals surface area contributed by atoms with Gasteiger partial charge in [0.25, 0.3) is 0 Å². The van der Waals surface area contributed by atoms with Crippen LogP contribution in [0, 0.1) is 0 Å². The Morgan fingerprint density at radius 2 is 2.07 bits per heavy atom. The van der Waals surface area contributed by atoms with E-state index < -0.39 is 0 Å². The first-order valence-corrected chi connectivity index (χ1v) is 5.00. The maximum atomic E-state index is 11.6. The second kappa shape index (κ2) is 4.44. The molecule has 0 aromatic heterocycles. The van der Waals surface area contributed by atoms with E-state index in [1.807, 2.05) is 13.8 Å². The number of nitrogens with zero attached hydrogens (tertiary/aromatic N) is 1. The van der Waals surface area contributed by atoms with Crippen LogP contribution in [0.15, 0.2) is 0 Å². The molecule has 0 unspecified atom stereocenters. The van der Waals surface area contributed by atoms with E-state index in [-0.39, 0.29) is 24.0 Å². The largest absolute Gasteiger partial charge is 0.467 e. The third kappa shape index (κ3) is 1.89. The highest BCUT2D eigenvalue weighted by Gasteiger charge is 2.38. The molecular formula is C10H17NO3. The molecule has 1 rings (SSSR count). The number of hydrogen-bond donors (Lipinski definition) is 0. The highest BCUT2D eigenvalue weighted by molar-refractivity contribution is 5.85. The van der Waals surface area contributed by atoms with E-state index in [0.29, 0.717) is 6.42 Å². The van der Waals surface area contributed by atoms with Crippen LogP contribution in [-0.4, -0.2) is 36.0 Å². The maximum Gasteiger partial charge on any atom is 0.328 e. The van der Waals surface area contributed by atoms with Crippen molar-refractivity contribution in [3.05, 3.63) is 0 Å². The topological polar surface area (TPSA) is 46.6 Å². The van der Waals surface area contributed by atoms with Gasteiger partial charge < -0.3 is 9.64 Å². The third-order valence-electron chi connectivity index (χ3n) is 2.73. The number of methoxy groups -OCH3 is 1. The number of amides is 1. The first kappa shape index (κ1) is 11.0. The predicted octanol–water partition coefficient (Wildman–Crippen LogP) is 0.949. The molecule has 0 saturated carbocycles. The van der Waals surface area contributed by atoms with Crippen molar-refractivity contribution in [3.8, 4) is 0 Å². The van der Waals surface area contributed by atoms with Gasteiger partial charge in [0.1, 0.15) is 6.04 Å². The van der Waals surface area contributed by atoms with Crippen LogP contribution in [0.25, 0.3) is 0 Å². The molecule has 0 aromatic rings. The molecule has 1 fully saturated rings. The summed E-state index contributed by atoms with van der Waals surface area (Å²) in [5.41, 5.74) is 0. The van der Waals surface area contributed by atoms with Gasteiger partial charge in [-0.1, -0.05) is 6.92 Å². The zero-order valence-corrected chi connectivity index (χ0v) is 8.95. The number of rotatable bonds is 2. The summed E-state index contributed by atoms with van der Waals surface area (Å²) in [6.45, 7) is 3.78. The number of carbonyl (C=O) groups is 2. The quantitative estimate of drug-likeness (QED) is 0.622. The molecule has 0 N–H and O–H groups in total. The summed E-state index contributed by atoms with van der Waals surface area (Å²) in [5, 5.41) is 0. The fourth-order valence-corrected chi connectivity index (χ4v) is 1.95. The van der Waals surface area contributed by atoms with E-state index in [4.69, 9.17) is 0 Å². The zero-order valence-electron chi connectivity index (χ0n) is 8.95. The van der Waals surface area contributed by atoms with Crippen LogP contribution in [-0.2, 0) is 14.3 Å². The SMILES string of the molecule is CCC(=O)N1[C@H](C)CC[C@H]1C(=O)OC. The molecule has 1 aliphatic rings. The number of carbonyl (C=O) groups excluding carboxylic acids is 2. The van der Waals surface area contributed by atoms with Crippen molar-refractivity contribution < 1.29 is 14.3 Å². The van der Waals surface area contributed by atoms with Gasteiger partial charge in [-0.2, -0.15) is 0 Å². The van der Waals surface area contributed by atoms with Crippen molar-refractivity contribution in [1.82, 2.24) is 4.90 Å². The van der Waals surface area contributed by atoms with Gasteiger partial charge in [-0.05, 0) is 19.8 Å². The van der Waals surface area contributed by atoms with E-state index in [2.05, 4.69) is 4.74 Å². The smallest absolute Gasteiger partial charge is 0.328 e. The van der Waals surface area contributed by atoms with E-state index in [9.17, 15) is 9.59 Å². The van der Waals surface area contributed by atoms with Crippen LogP contribution in [0.2, 0.25) is 0 Å². The molecule has 0 radical (unpaired) electrons. The molecule has 0 spiro atoms. The molecule has 1 aliphatic heterocycles. The van der Waals surface area contributed by atoms with Crippen LogP contribution >= 0.6 is 0 Å². The summed E-state index contributed by atoms with van der Waals surface area (Å²) in [4.78, 5) is 24.6. The van der Waals surface area contributed by atoms with Gasteiger partial charge in [0, 0.05) is 12.5 Å². The molecule has 2 atom stereocenters. The zero-order chi connectivity index (χ0) is 10.7. The summed E-state index contributed by atoms with van der Waals surface area (Å²) in [7, 11) is 1.36. The lowest BCUT2D eigenvalue weighted by Gasteiger charge is -2.26. The summed E-state index contributed by atoms with van der Waals surface area (Å²) in [5.74, 6) is -0.262. The van der Waals surface area contributed by atoms with E-state index in [1.54, 1.807) is 4.90 Å². The summed E-state index contributed by atoms with van der Waals surface area (Å²) in [6, 6.07) is -0.200. The van der Waals surface area contributed by atoms with E-state index in [0.717, 1.165) is 12.8 Å². The summed E-state index contributed by atoms with van der Waals surface area (Å²) >= 11 is 0. The Labute approximate surface area is 84.2 Å². The predicted molar refractivity (Wildman–Crippen MR) is 51.6 cm³/mol. The van der Waals surface area contributed by atoms with E-state index >= 15 is 0 Å². The van der Waals surface area contributed by atoms with Crippen molar-refractivity contribution in [3.63, 3.8) is 0 Å². The lowest BCUT2D eigenvalue weighted by molar-refractivity contribution is -0.151. The van der Waals surface area contributed by atoms with Gasteiger partial charge in [-0.25, -0.2) is 4.79 Å². The van der Waals surface area contributed by atoms with Crippen LogP contribution in [0.4, 0.5) is 0 Å². The Kier molecular flexibility index (Phi) is 3.49. The minimum Gasteiger partial charge on any atom is -0.467 e. The Bertz CT molecular complexity index is 240. The van der Waals surface area contributed by atoms with Gasteiger partial charge >= 0.3 is 5.97 Å². The number of likely N-dealkylation sites (tertiary alicyclic amines) is 1. The third-order valence-corrected chi connectivity index (χ3v) is 2.73. The Hall–Kier alpha value is -1.06. The number of esters is 1. The van der Waals surface area contributed by atoms with Crippen LogP contribution in [0.3, 0.4) is 0 Å². The van der Waals surface area contributed by atoms with Crippen molar-refractivity contribution >= 4 is 11.9 Å². The van der Waals surface area contributed by atoms with Crippen molar-refractivity contribution in [2.75, 3.05) is 7.11 Å². The van der Waals surface area contributed by atoms with Crippen LogP contribution in [0.5, 0.6) is 0 Å².